The van der Waals surface area contributed by atoms with Gasteiger partial charge in [-0.2, -0.15) is 0 Å². The summed E-state index contributed by atoms with van der Waals surface area (Å²) >= 11 is 0. The van der Waals surface area contributed by atoms with Gasteiger partial charge in [-0.3, -0.25) is 9.69 Å². The highest BCUT2D eigenvalue weighted by Gasteiger charge is 2.35. The molecule has 2 bridgehead atoms. The number of benzene rings is 1. The molecule has 4 nitrogen and oxygen atoms in total. The van der Waals surface area contributed by atoms with Gasteiger partial charge >= 0.3 is 0 Å². The van der Waals surface area contributed by atoms with Gasteiger partial charge in [0.05, 0.1) is 6.54 Å². The van der Waals surface area contributed by atoms with E-state index in [4.69, 9.17) is 0 Å². The standard InChI is InChI=1S/C16H21F2N3O.ClH/c1-21(13-6-10-2-3-11(7-13)19-10)9-16(22)20-12-4-5-14(17)15(18)8-12;/h4-5,8,10-11,13,19H,2-3,6-7,9H2,1H3,(H,20,22);1H. The van der Waals surface area contributed by atoms with Crippen molar-refractivity contribution in [3.63, 3.8) is 0 Å². The first kappa shape index (κ1) is 18.1. The van der Waals surface area contributed by atoms with Crippen molar-refractivity contribution < 1.29 is 13.6 Å². The molecule has 1 aromatic carbocycles. The number of fused-ring (bicyclic) bond motifs is 2. The van der Waals surface area contributed by atoms with Crippen LogP contribution in [0.2, 0.25) is 0 Å². The van der Waals surface area contributed by atoms with Crippen molar-refractivity contribution in [3.8, 4) is 0 Å². The number of amides is 1. The van der Waals surface area contributed by atoms with Crippen LogP contribution < -0.4 is 10.6 Å². The maximum Gasteiger partial charge on any atom is 0.238 e. The number of hydrogen-bond acceptors (Lipinski definition) is 3. The lowest BCUT2D eigenvalue weighted by Gasteiger charge is -2.35. The summed E-state index contributed by atoms with van der Waals surface area (Å²) in [6.45, 7) is 0.253. The molecule has 1 aromatic rings. The van der Waals surface area contributed by atoms with Crippen LogP contribution in [0.4, 0.5) is 14.5 Å². The molecule has 0 aromatic heterocycles. The minimum absolute atomic E-state index is 0. The topological polar surface area (TPSA) is 44.4 Å². The highest BCUT2D eigenvalue weighted by molar-refractivity contribution is 5.92. The van der Waals surface area contributed by atoms with E-state index in [-0.39, 0.29) is 30.5 Å². The number of nitrogens with zero attached hydrogens (tertiary/aromatic N) is 1. The monoisotopic (exact) mass is 345 g/mol. The Labute approximate surface area is 141 Å². The number of nitrogens with one attached hydrogen (secondary N) is 2. The summed E-state index contributed by atoms with van der Waals surface area (Å²) in [5.41, 5.74) is 0.280. The van der Waals surface area contributed by atoms with Crippen LogP contribution in [0, 0.1) is 11.6 Å². The lowest BCUT2D eigenvalue weighted by molar-refractivity contribution is -0.117. The normalized spacial score (nSPS) is 26.0. The summed E-state index contributed by atoms with van der Waals surface area (Å²) in [5.74, 6) is -2.08. The molecule has 1 amide bonds. The highest BCUT2D eigenvalue weighted by atomic mass is 35.5. The van der Waals surface area contributed by atoms with E-state index in [0.717, 1.165) is 25.0 Å². The van der Waals surface area contributed by atoms with E-state index in [1.807, 2.05) is 7.05 Å². The van der Waals surface area contributed by atoms with Gasteiger partial charge in [0.1, 0.15) is 0 Å². The van der Waals surface area contributed by atoms with Gasteiger partial charge in [-0.25, -0.2) is 8.78 Å². The first-order valence-electron chi connectivity index (χ1n) is 7.72. The smallest absolute Gasteiger partial charge is 0.238 e. The minimum Gasteiger partial charge on any atom is -0.325 e. The molecule has 2 aliphatic heterocycles. The Morgan fingerprint density at radius 2 is 1.91 bits per heavy atom. The fraction of sp³-hybridized carbons (Fsp3) is 0.562. The quantitative estimate of drug-likeness (QED) is 0.881. The Morgan fingerprint density at radius 1 is 1.26 bits per heavy atom. The second-order valence-electron chi connectivity index (χ2n) is 6.36. The summed E-state index contributed by atoms with van der Waals surface area (Å²) in [6.07, 6.45) is 4.56. The van der Waals surface area contributed by atoms with Crippen LogP contribution in [0.3, 0.4) is 0 Å². The molecule has 23 heavy (non-hydrogen) atoms. The predicted octanol–water partition coefficient (Wildman–Crippen LogP) is 2.54. The molecule has 2 unspecified atom stereocenters. The molecular weight excluding hydrogens is 324 g/mol. The van der Waals surface area contributed by atoms with Crippen LogP contribution in [0.5, 0.6) is 0 Å². The lowest BCUT2D eigenvalue weighted by atomic mass is 9.98. The van der Waals surface area contributed by atoms with Crippen molar-refractivity contribution in [1.82, 2.24) is 10.2 Å². The fourth-order valence-electron chi connectivity index (χ4n) is 3.52. The molecule has 2 aliphatic rings. The largest absolute Gasteiger partial charge is 0.325 e. The molecule has 128 valence electrons. The van der Waals surface area contributed by atoms with Gasteiger partial charge in [0.15, 0.2) is 11.6 Å². The fourth-order valence-corrected chi connectivity index (χ4v) is 3.52. The number of anilines is 1. The van der Waals surface area contributed by atoms with Gasteiger partial charge in [-0.05, 0) is 44.9 Å². The van der Waals surface area contributed by atoms with Gasteiger partial charge in [0, 0.05) is 29.9 Å². The van der Waals surface area contributed by atoms with Crippen LogP contribution in [0.25, 0.3) is 0 Å². The summed E-state index contributed by atoms with van der Waals surface area (Å²) < 4.78 is 26.0. The number of likely N-dealkylation sites (N-methyl/N-ethyl adjacent to an activating group) is 1. The third-order valence-electron chi connectivity index (χ3n) is 4.67. The minimum atomic E-state index is -0.957. The van der Waals surface area contributed by atoms with Crippen molar-refractivity contribution in [2.45, 2.75) is 43.8 Å². The molecule has 7 heteroatoms. The predicted molar refractivity (Wildman–Crippen MR) is 87.8 cm³/mol. The van der Waals surface area contributed by atoms with E-state index >= 15 is 0 Å². The van der Waals surface area contributed by atoms with Crippen LogP contribution in [-0.4, -0.2) is 42.5 Å². The maximum atomic E-state index is 13.1. The number of piperidine rings is 1. The summed E-state index contributed by atoms with van der Waals surface area (Å²) in [4.78, 5) is 14.1. The van der Waals surface area contributed by atoms with Gasteiger partial charge < -0.3 is 10.6 Å². The maximum absolute atomic E-state index is 13.1. The summed E-state index contributed by atoms with van der Waals surface area (Å²) in [6, 6.07) is 4.91. The number of carbonyl (C=O) groups excluding carboxylic acids is 1. The lowest BCUT2D eigenvalue weighted by Crippen LogP contribution is -2.48. The average molecular weight is 346 g/mol. The third kappa shape index (κ3) is 4.40. The van der Waals surface area contributed by atoms with Gasteiger partial charge in [0.25, 0.3) is 0 Å². The van der Waals surface area contributed by atoms with Gasteiger partial charge in [0.2, 0.25) is 5.91 Å². The van der Waals surface area contributed by atoms with E-state index in [2.05, 4.69) is 15.5 Å². The second-order valence-corrected chi connectivity index (χ2v) is 6.36. The van der Waals surface area contributed by atoms with Crippen molar-refractivity contribution in [2.75, 3.05) is 18.9 Å². The van der Waals surface area contributed by atoms with Crippen molar-refractivity contribution in [1.29, 1.82) is 0 Å². The van der Waals surface area contributed by atoms with Crippen molar-refractivity contribution in [3.05, 3.63) is 29.8 Å². The zero-order valence-corrected chi connectivity index (χ0v) is 13.8. The molecular formula is C16H22ClF2N3O. The zero-order chi connectivity index (χ0) is 15.7. The van der Waals surface area contributed by atoms with E-state index in [1.165, 1.54) is 18.9 Å². The molecule has 0 radical (unpaired) electrons. The Bertz CT molecular complexity index is 560. The third-order valence-corrected chi connectivity index (χ3v) is 4.67. The first-order valence-corrected chi connectivity index (χ1v) is 7.72. The summed E-state index contributed by atoms with van der Waals surface area (Å²) in [5, 5.41) is 6.19. The molecule has 3 rings (SSSR count). The Morgan fingerprint density at radius 3 is 2.52 bits per heavy atom. The van der Waals surface area contributed by atoms with Gasteiger partial charge in [-0.1, -0.05) is 0 Å². The van der Waals surface area contributed by atoms with Crippen molar-refractivity contribution in [2.24, 2.45) is 0 Å². The summed E-state index contributed by atoms with van der Waals surface area (Å²) in [7, 11) is 1.94. The number of hydrogen-bond donors (Lipinski definition) is 2. The Kier molecular flexibility index (Phi) is 5.95. The molecule has 2 N–H and O–H groups in total. The van der Waals surface area contributed by atoms with Crippen LogP contribution in [0.15, 0.2) is 18.2 Å². The second kappa shape index (κ2) is 7.55. The zero-order valence-electron chi connectivity index (χ0n) is 13.0. The van der Waals surface area contributed by atoms with Gasteiger partial charge in [-0.15, -0.1) is 12.4 Å². The molecule has 2 saturated heterocycles. The van der Waals surface area contributed by atoms with Crippen LogP contribution in [0.1, 0.15) is 25.7 Å². The van der Waals surface area contributed by atoms with Crippen molar-refractivity contribution >= 4 is 24.0 Å². The Balaban J connectivity index is 0.00000192. The van der Waals surface area contributed by atoms with E-state index in [1.54, 1.807) is 0 Å². The molecule has 0 aliphatic carbocycles. The number of halogens is 3. The molecule has 0 saturated carbocycles. The molecule has 0 spiro atoms. The molecule has 2 fully saturated rings. The van der Waals surface area contributed by atoms with E-state index < -0.39 is 11.6 Å². The SMILES string of the molecule is CN(CC(=O)Nc1ccc(F)c(F)c1)C1CC2CCC(C1)N2.Cl. The van der Waals surface area contributed by atoms with Crippen LogP contribution in [-0.2, 0) is 4.79 Å². The number of carbonyl (C=O) groups is 1. The van der Waals surface area contributed by atoms with Crippen LogP contribution >= 0.6 is 12.4 Å². The average Bonchev–Trinajstić information content (AvgIpc) is 2.81. The molecule has 2 heterocycles. The molecule has 2 atom stereocenters. The highest BCUT2D eigenvalue weighted by Crippen LogP contribution is 2.29. The number of rotatable bonds is 4. The Hall–Kier alpha value is -1.24. The van der Waals surface area contributed by atoms with E-state index in [9.17, 15) is 13.6 Å². The van der Waals surface area contributed by atoms with E-state index in [0.29, 0.717) is 18.1 Å². The first-order chi connectivity index (χ1) is 10.5.